The molecule has 3 rings (SSSR count). The van der Waals surface area contributed by atoms with E-state index in [2.05, 4.69) is 21.3 Å². The molecule has 0 aromatic heterocycles. The third-order valence-electron chi connectivity index (χ3n) is 6.90. The van der Waals surface area contributed by atoms with Gasteiger partial charge in [-0.15, -0.1) is 23.2 Å². The van der Waals surface area contributed by atoms with Crippen molar-refractivity contribution in [3.8, 4) is 0 Å². The van der Waals surface area contributed by atoms with Crippen molar-refractivity contribution < 1.29 is 34.2 Å². The van der Waals surface area contributed by atoms with Gasteiger partial charge in [0.05, 0.1) is 35.9 Å². The van der Waals surface area contributed by atoms with E-state index in [9.17, 15) is 34.2 Å². The van der Waals surface area contributed by atoms with Gasteiger partial charge in [0.2, 0.25) is 29.5 Å². The predicted molar refractivity (Wildman–Crippen MR) is 146 cm³/mol. The Balaban J connectivity index is 2.04. The van der Waals surface area contributed by atoms with Crippen LogP contribution in [0.5, 0.6) is 0 Å². The average Bonchev–Trinajstić information content (AvgIpc) is 3.22. The molecule has 1 aromatic rings. The van der Waals surface area contributed by atoms with Crippen molar-refractivity contribution in [3.05, 3.63) is 35.9 Å². The second-order valence-corrected chi connectivity index (χ2v) is 11.0. The van der Waals surface area contributed by atoms with E-state index in [0.717, 1.165) is 0 Å². The van der Waals surface area contributed by atoms with Gasteiger partial charge in [-0.2, -0.15) is 0 Å². The van der Waals surface area contributed by atoms with Crippen molar-refractivity contribution in [2.45, 2.75) is 80.2 Å². The molecule has 40 heavy (non-hydrogen) atoms. The van der Waals surface area contributed by atoms with Crippen LogP contribution >= 0.6 is 23.2 Å². The van der Waals surface area contributed by atoms with Crippen molar-refractivity contribution in [2.75, 3.05) is 13.2 Å². The summed E-state index contributed by atoms with van der Waals surface area (Å²) in [5.74, 6) is -3.71. The number of benzene rings is 1. The van der Waals surface area contributed by atoms with Crippen molar-refractivity contribution in [2.24, 2.45) is 0 Å². The van der Waals surface area contributed by atoms with Gasteiger partial charge in [0.1, 0.15) is 24.2 Å². The number of fused-ring (bicyclic) bond motifs is 1. The van der Waals surface area contributed by atoms with Crippen molar-refractivity contribution in [1.82, 2.24) is 26.2 Å². The van der Waals surface area contributed by atoms with Crippen LogP contribution in [0.15, 0.2) is 30.3 Å². The summed E-state index contributed by atoms with van der Waals surface area (Å²) in [6.07, 6.45) is -0.896. The lowest BCUT2D eigenvalue weighted by atomic mass is 10.0. The molecule has 14 heteroatoms. The number of hydrogen-bond acceptors (Lipinski definition) is 7. The smallest absolute Gasteiger partial charge is 0.245 e. The van der Waals surface area contributed by atoms with Crippen LogP contribution in [0.1, 0.15) is 44.7 Å². The summed E-state index contributed by atoms with van der Waals surface area (Å²) < 4.78 is 0. The van der Waals surface area contributed by atoms with E-state index in [0.29, 0.717) is 12.0 Å². The number of alkyl halides is 2. The second-order valence-electron chi connectivity index (χ2n) is 9.95. The summed E-state index contributed by atoms with van der Waals surface area (Å²) in [6, 6.07) is 2.42. The Hall–Kier alpha value is -2.93. The van der Waals surface area contributed by atoms with Crippen molar-refractivity contribution in [3.63, 3.8) is 0 Å². The van der Waals surface area contributed by atoms with Gasteiger partial charge in [-0.25, -0.2) is 0 Å². The summed E-state index contributed by atoms with van der Waals surface area (Å²) in [7, 11) is 0. The molecule has 8 atom stereocenters. The Kier molecular flexibility index (Phi) is 11.1. The Labute approximate surface area is 242 Å². The number of nitrogens with one attached hydrogen (secondary N) is 4. The van der Waals surface area contributed by atoms with E-state index in [1.807, 2.05) is 6.92 Å². The maximum Gasteiger partial charge on any atom is 0.245 e. The highest BCUT2D eigenvalue weighted by Gasteiger charge is 2.49. The number of halogens is 2. The Morgan fingerprint density at radius 2 is 1.62 bits per heavy atom. The number of nitrogens with zero attached hydrogens (tertiary/aromatic N) is 1. The zero-order chi connectivity index (χ0) is 29.6. The predicted octanol–water partition coefficient (Wildman–Crippen LogP) is -0.699. The molecule has 0 spiro atoms. The molecule has 2 aliphatic heterocycles. The largest absolute Gasteiger partial charge is 0.394 e. The standard InChI is InChI=1S/C26H35Cl2N5O7/c1-3-7-16-26(40)33-11-15(27)20(28)22(33)25(39)32-21(13(2)35)24(38)31-18(12-34)23(37)30-17(10-19(36)29-16)14-8-5-4-6-9-14/h4-6,8-9,13,15-18,20-22,34-35H,3,7,10-12H2,1-2H3,(H,29,36)(H,30,37)(H,31,38)(H,32,39)/t13?,15-,16-,17-,18?,20?,21+,22+/m1/s1. The first-order chi connectivity index (χ1) is 19.0. The molecule has 0 bridgehead atoms. The molecular formula is C26H35Cl2N5O7. The van der Waals surface area contributed by atoms with Gasteiger partial charge < -0.3 is 36.4 Å². The fourth-order valence-electron chi connectivity index (χ4n) is 4.78. The molecule has 220 valence electrons. The van der Waals surface area contributed by atoms with E-state index in [1.54, 1.807) is 30.3 Å². The highest BCUT2D eigenvalue weighted by molar-refractivity contribution is 6.32. The SMILES string of the molecule is CCC[C@H]1NC(=O)C[C@H](c2ccccc2)NC(=O)C(CO)NC(=O)[C@H](C(C)O)NC(=O)[C@@H]2C(Cl)[C@H](Cl)CN2C1=O. The number of aliphatic hydroxyl groups excluding tert-OH is 2. The van der Waals surface area contributed by atoms with Crippen LogP contribution < -0.4 is 21.3 Å². The quantitative estimate of drug-likeness (QED) is 0.242. The topological polar surface area (TPSA) is 177 Å². The Morgan fingerprint density at radius 3 is 2.23 bits per heavy atom. The van der Waals surface area contributed by atoms with Crippen LogP contribution in [0.2, 0.25) is 0 Å². The normalized spacial score (nSPS) is 31.5. The summed E-state index contributed by atoms with van der Waals surface area (Å²) in [6.45, 7) is 2.21. The number of rotatable bonds is 5. The van der Waals surface area contributed by atoms with E-state index in [1.165, 1.54) is 11.8 Å². The van der Waals surface area contributed by atoms with Crippen LogP contribution in [-0.2, 0) is 24.0 Å². The van der Waals surface area contributed by atoms with Crippen LogP contribution in [0.25, 0.3) is 0 Å². The minimum atomic E-state index is -1.55. The summed E-state index contributed by atoms with van der Waals surface area (Å²) in [5, 5.41) is 28.5. The van der Waals surface area contributed by atoms with Gasteiger partial charge in [-0.05, 0) is 18.9 Å². The summed E-state index contributed by atoms with van der Waals surface area (Å²) in [4.78, 5) is 67.5. The van der Waals surface area contributed by atoms with Crippen LogP contribution in [0.4, 0.5) is 0 Å². The fourth-order valence-corrected chi connectivity index (χ4v) is 5.40. The highest BCUT2D eigenvalue weighted by Crippen LogP contribution is 2.29. The zero-order valence-corrected chi connectivity index (χ0v) is 23.7. The van der Waals surface area contributed by atoms with E-state index >= 15 is 0 Å². The highest BCUT2D eigenvalue weighted by atomic mass is 35.5. The Morgan fingerprint density at radius 1 is 0.950 bits per heavy atom. The van der Waals surface area contributed by atoms with Gasteiger partial charge >= 0.3 is 0 Å². The van der Waals surface area contributed by atoms with Crippen LogP contribution in [0, 0.1) is 0 Å². The summed E-state index contributed by atoms with van der Waals surface area (Å²) >= 11 is 12.8. The van der Waals surface area contributed by atoms with Crippen molar-refractivity contribution in [1.29, 1.82) is 0 Å². The Bertz CT molecular complexity index is 1090. The molecule has 0 aliphatic carbocycles. The fraction of sp³-hybridized carbons (Fsp3) is 0.577. The molecular weight excluding hydrogens is 565 g/mol. The molecule has 5 amide bonds. The van der Waals surface area contributed by atoms with E-state index in [4.69, 9.17) is 23.2 Å². The first-order valence-electron chi connectivity index (χ1n) is 13.1. The number of carbonyl (C=O) groups is 5. The molecule has 0 radical (unpaired) electrons. The molecule has 2 saturated heterocycles. The molecule has 1 aromatic carbocycles. The molecule has 0 saturated carbocycles. The number of hydrogen-bond donors (Lipinski definition) is 6. The van der Waals surface area contributed by atoms with Gasteiger partial charge in [0.25, 0.3) is 0 Å². The van der Waals surface area contributed by atoms with Crippen molar-refractivity contribution >= 4 is 52.7 Å². The lowest BCUT2D eigenvalue weighted by Gasteiger charge is -2.32. The molecule has 2 heterocycles. The maximum absolute atomic E-state index is 13.6. The lowest BCUT2D eigenvalue weighted by Crippen LogP contribution is -2.62. The van der Waals surface area contributed by atoms with Crippen LogP contribution in [0.3, 0.4) is 0 Å². The first-order valence-corrected chi connectivity index (χ1v) is 14.0. The molecule has 3 unspecified atom stereocenters. The number of carbonyl (C=O) groups excluding carboxylic acids is 5. The van der Waals surface area contributed by atoms with Crippen LogP contribution in [-0.4, -0.2) is 98.8 Å². The minimum absolute atomic E-state index is 0.0798. The summed E-state index contributed by atoms with van der Waals surface area (Å²) in [5.41, 5.74) is 0.581. The van der Waals surface area contributed by atoms with Gasteiger partial charge in [-0.1, -0.05) is 43.7 Å². The number of amides is 5. The van der Waals surface area contributed by atoms with E-state index in [-0.39, 0.29) is 19.4 Å². The monoisotopic (exact) mass is 599 g/mol. The maximum atomic E-state index is 13.6. The number of aliphatic hydroxyl groups is 2. The second kappa shape index (κ2) is 14.1. The first kappa shape index (κ1) is 31.6. The van der Waals surface area contributed by atoms with Gasteiger partial charge in [0, 0.05) is 6.54 Å². The third-order valence-corrected chi connectivity index (χ3v) is 7.98. The van der Waals surface area contributed by atoms with Gasteiger partial charge in [0.15, 0.2) is 0 Å². The molecule has 12 nitrogen and oxygen atoms in total. The third kappa shape index (κ3) is 7.42. The average molecular weight is 600 g/mol. The molecule has 6 N–H and O–H groups in total. The molecule has 2 aliphatic rings. The lowest BCUT2D eigenvalue weighted by molar-refractivity contribution is -0.143. The minimum Gasteiger partial charge on any atom is -0.394 e. The zero-order valence-electron chi connectivity index (χ0n) is 22.2. The van der Waals surface area contributed by atoms with Gasteiger partial charge in [-0.3, -0.25) is 24.0 Å². The van der Waals surface area contributed by atoms with E-state index < -0.39 is 83.2 Å². The molecule has 2 fully saturated rings.